The second-order valence-electron chi connectivity index (χ2n) is 12.7. The van der Waals surface area contributed by atoms with Gasteiger partial charge in [-0.2, -0.15) is 0 Å². The lowest BCUT2D eigenvalue weighted by Crippen LogP contribution is -2.59. The van der Waals surface area contributed by atoms with Crippen LogP contribution in [0.1, 0.15) is 60.1 Å². The van der Waals surface area contributed by atoms with E-state index in [0.717, 1.165) is 12.1 Å². The summed E-state index contributed by atoms with van der Waals surface area (Å²) in [4.78, 5) is 56.6. The molecule has 0 aliphatic carbocycles. The van der Waals surface area contributed by atoms with Crippen LogP contribution in [0.25, 0.3) is 0 Å². The molecule has 0 radical (unpaired) electrons. The highest BCUT2D eigenvalue weighted by Gasteiger charge is 2.43. The fourth-order valence-electron chi connectivity index (χ4n) is 4.48. The number of amides is 4. The van der Waals surface area contributed by atoms with Gasteiger partial charge >= 0.3 is 0 Å². The molecule has 2 atom stereocenters. The second kappa shape index (κ2) is 11.9. The highest BCUT2D eigenvalue weighted by atomic mass is 19.1. The molecule has 41 heavy (non-hydrogen) atoms. The molecule has 2 aromatic rings. The zero-order valence-electron chi connectivity index (χ0n) is 24.4. The summed E-state index contributed by atoms with van der Waals surface area (Å²) >= 11 is 0. The molecular weight excluding hydrogens is 534 g/mol. The van der Waals surface area contributed by atoms with E-state index in [1.165, 1.54) is 16.7 Å². The van der Waals surface area contributed by atoms with Gasteiger partial charge in [0.2, 0.25) is 5.91 Å². The number of anilines is 2. The molecule has 1 unspecified atom stereocenters. The van der Waals surface area contributed by atoms with Crippen molar-refractivity contribution < 1.29 is 33.1 Å². The number of aliphatic hydroxyl groups excluding tert-OH is 1. The van der Waals surface area contributed by atoms with Crippen LogP contribution in [0, 0.1) is 22.5 Å². The summed E-state index contributed by atoms with van der Waals surface area (Å²) in [5.41, 5.74) is 0.0260. The summed E-state index contributed by atoms with van der Waals surface area (Å²) in [6, 6.07) is 6.34. The minimum Gasteiger partial charge on any atom is -0.378 e. The fraction of sp³-hybridized carbons (Fsp3) is 0.467. The zero-order chi connectivity index (χ0) is 30.9. The summed E-state index contributed by atoms with van der Waals surface area (Å²) in [6.07, 6.45) is -1.96. The lowest BCUT2D eigenvalue weighted by molar-refractivity contribution is -0.137. The zero-order valence-corrected chi connectivity index (χ0v) is 24.4. The molecule has 11 heteroatoms. The SMILES string of the molecule is C[C@H](NC(=O)C(O)c1cc(F)cc(F)c1)C(=O)NC1C(=O)N(CC(C)(C)C)c2ccccc2N(CC(C)(C)C)C1=O. The first-order valence-electron chi connectivity index (χ1n) is 13.3. The van der Waals surface area contributed by atoms with Crippen molar-refractivity contribution in [2.24, 2.45) is 10.8 Å². The molecule has 0 aromatic heterocycles. The van der Waals surface area contributed by atoms with E-state index in [0.29, 0.717) is 17.4 Å². The van der Waals surface area contributed by atoms with Crippen molar-refractivity contribution in [1.29, 1.82) is 0 Å². The van der Waals surface area contributed by atoms with E-state index in [1.54, 1.807) is 24.3 Å². The van der Waals surface area contributed by atoms with Crippen LogP contribution in [-0.2, 0) is 19.2 Å². The third-order valence-corrected chi connectivity index (χ3v) is 6.24. The molecule has 9 nitrogen and oxygen atoms in total. The minimum atomic E-state index is -1.96. The largest absolute Gasteiger partial charge is 0.378 e. The van der Waals surface area contributed by atoms with E-state index >= 15 is 0 Å². The number of hydrogen-bond donors (Lipinski definition) is 3. The number of nitrogens with zero attached hydrogens (tertiary/aromatic N) is 2. The van der Waals surface area contributed by atoms with Gasteiger partial charge in [0.05, 0.1) is 11.4 Å². The number of benzene rings is 2. The maximum Gasteiger partial charge on any atom is 0.259 e. The van der Waals surface area contributed by atoms with Crippen LogP contribution in [0.5, 0.6) is 0 Å². The first-order chi connectivity index (χ1) is 18.9. The van der Waals surface area contributed by atoms with Gasteiger partial charge in [-0.25, -0.2) is 8.78 Å². The summed E-state index contributed by atoms with van der Waals surface area (Å²) in [5.74, 6) is -5.17. The van der Waals surface area contributed by atoms with Crippen LogP contribution in [-0.4, -0.2) is 53.9 Å². The molecule has 1 aliphatic heterocycles. The lowest BCUT2D eigenvalue weighted by atomic mass is 9.95. The molecule has 3 N–H and O–H groups in total. The van der Waals surface area contributed by atoms with Gasteiger partial charge in [-0.1, -0.05) is 53.7 Å². The standard InChI is InChI=1S/C30H38F2N4O5/c1-17(33-26(39)24(37)18-12-19(31)14-20(32)13-18)25(38)34-23-27(40)35(15-29(2,3)4)21-10-8-9-11-22(21)36(28(23)41)16-30(5,6)7/h8-14,17,23-24,37H,15-16H2,1-7H3,(H,33,39)(H,34,38)/t17-,24?/m0/s1. The van der Waals surface area contributed by atoms with Gasteiger partial charge in [0.25, 0.3) is 17.7 Å². The predicted molar refractivity (Wildman–Crippen MR) is 151 cm³/mol. The third-order valence-electron chi connectivity index (χ3n) is 6.24. The van der Waals surface area contributed by atoms with Gasteiger partial charge in [-0.15, -0.1) is 0 Å². The number of para-hydroxylation sites is 2. The van der Waals surface area contributed by atoms with Crippen molar-refractivity contribution in [2.45, 2.75) is 66.7 Å². The van der Waals surface area contributed by atoms with Crippen molar-refractivity contribution in [3.8, 4) is 0 Å². The number of hydrogen-bond acceptors (Lipinski definition) is 5. The van der Waals surface area contributed by atoms with Gasteiger partial charge in [0.1, 0.15) is 17.7 Å². The monoisotopic (exact) mass is 572 g/mol. The van der Waals surface area contributed by atoms with E-state index in [9.17, 15) is 33.1 Å². The minimum absolute atomic E-state index is 0.258. The lowest BCUT2D eigenvalue weighted by Gasteiger charge is -2.32. The van der Waals surface area contributed by atoms with Crippen molar-refractivity contribution in [3.05, 3.63) is 59.7 Å². The van der Waals surface area contributed by atoms with E-state index in [4.69, 9.17) is 0 Å². The summed E-state index contributed by atoms with van der Waals surface area (Å²) in [7, 11) is 0. The summed E-state index contributed by atoms with van der Waals surface area (Å²) in [5, 5.41) is 15.1. The van der Waals surface area contributed by atoms with E-state index in [-0.39, 0.29) is 29.5 Å². The highest BCUT2D eigenvalue weighted by Crippen LogP contribution is 2.36. The van der Waals surface area contributed by atoms with Crippen LogP contribution >= 0.6 is 0 Å². The van der Waals surface area contributed by atoms with E-state index in [2.05, 4.69) is 10.6 Å². The van der Waals surface area contributed by atoms with Gasteiger partial charge in [0, 0.05) is 19.2 Å². The molecule has 4 amide bonds. The number of nitrogens with one attached hydrogen (secondary N) is 2. The summed E-state index contributed by atoms with van der Waals surface area (Å²) < 4.78 is 27.1. The van der Waals surface area contributed by atoms with Crippen LogP contribution in [0.2, 0.25) is 0 Å². The van der Waals surface area contributed by atoms with Gasteiger partial charge in [-0.3, -0.25) is 19.2 Å². The van der Waals surface area contributed by atoms with Gasteiger partial charge in [0.15, 0.2) is 12.1 Å². The Balaban J connectivity index is 1.90. The van der Waals surface area contributed by atoms with Crippen LogP contribution in [0.15, 0.2) is 42.5 Å². The Bertz CT molecular complexity index is 1260. The number of carbonyl (C=O) groups excluding carboxylic acids is 4. The number of carbonyl (C=O) groups is 4. The first-order valence-corrected chi connectivity index (χ1v) is 13.3. The molecule has 222 valence electrons. The Hall–Kier alpha value is -3.86. The van der Waals surface area contributed by atoms with E-state index < -0.39 is 53.5 Å². The molecule has 0 bridgehead atoms. The number of rotatable bonds is 7. The van der Waals surface area contributed by atoms with E-state index in [1.807, 2.05) is 41.5 Å². The molecule has 0 spiro atoms. The maximum absolute atomic E-state index is 13.9. The molecular formula is C30H38F2N4O5. The number of fused-ring (bicyclic) bond motifs is 1. The van der Waals surface area contributed by atoms with Crippen molar-refractivity contribution >= 4 is 35.0 Å². The Labute approximate surface area is 238 Å². The van der Waals surface area contributed by atoms with Crippen molar-refractivity contribution in [2.75, 3.05) is 22.9 Å². The predicted octanol–water partition coefficient (Wildman–Crippen LogP) is 3.46. The van der Waals surface area contributed by atoms with Gasteiger partial charge < -0.3 is 25.5 Å². The fourth-order valence-corrected chi connectivity index (χ4v) is 4.48. The molecule has 1 heterocycles. The Morgan fingerprint density at radius 3 is 1.71 bits per heavy atom. The average molecular weight is 573 g/mol. The molecule has 1 aliphatic rings. The smallest absolute Gasteiger partial charge is 0.259 e. The van der Waals surface area contributed by atoms with Crippen LogP contribution < -0.4 is 20.4 Å². The third kappa shape index (κ3) is 7.87. The maximum atomic E-state index is 13.9. The van der Waals surface area contributed by atoms with Crippen molar-refractivity contribution in [3.63, 3.8) is 0 Å². The Kier molecular flexibility index (Phi) is 9.22. The Morgan fingerprint density at radius 2 is 1.29 bits per heavy atom. The molecule has 0 saturated heterocycles. The number of aliphatic hydroxyl groups is 1. The van der Waals surface area contributed by atoms with Crippen LogP contribution in [0.3, 0.4) is 0 Å². The number of halogens is 2. The quantitative estimate of drug-likeness (QED) is 0.439. The summed E-state index contributed by atoms with van der Waals surface area (Å²) in [6.45, 7) is 13.5. The second-order valence-corrected chi connectivity index (χ2v) is 12.7. The van der Waals surface area contributed by atoms with Gasteiger partial charge in [-0.05, 0) is 47.6 Å². The Morgan fingerprint density at radius 1 is 0.854 bits per heavy atom. The molecule has 0 fully saturated rings. The molecule has 2 aromatic carbocycles. The van der Waals surface area contributed by atoms with Crippen molar-refractivity contribution in [1.82, 2.24) is 10.6 Å². The average Bonchev–Trinajstić information content (AvgIpc) is 2.92. The topological polar surface area (TPSA) is 119 Å². The molecule has 0 saturated carbocycles. The normalized spacial score (nSPS) is 16.1. The highest BCUT2D eigenvalue weighted by molar-refractivity contribution is 6.21. The molecule has 3 rings (SSSR count). The van der Waals surface area contributed by atoms with Crippen LogP contribution in [0.4, 0.5) is 20.2 Å². The first kappa shape index (κ1) is 31.7.